The maximum Gasteiger partial charge on any atom is 0.284 e. The van der Waals surface area contributed by atoms with Crippen molar-refractivity contribution in [3.8, 4) is 0 Å². The fourth-order valence-electron chi connectivity index (χ4n) is 2.51. The van der Waals surface area contributed by atoms with Crippen LogP contribution < -0.4 is 5.32 Å². The number of rotatable bonds is 6. The summed E-state index contributed by atoms with van der Waals surface area (Å²) in [5.74, 6) is -0.992. The molecule has 1 N–H and O–H groups in total. The lowest BCUT2D eigenvalue weighted by molar-refractivity contribution is -0.387. The Morgan fingerprint density at radius 1 is 1.03 bits per heavy atom. The number of hydrogen-bond acceptors (Lipinski definition) is 6. The molecule has 0 aliphatic carbocycles. The molecule has 3 aromatic carbocycles. The van der Waals surface area contributed by atoms with Crippen LogP contribution in [-0.4, -0.2) is 25.5 Å². The molecule has 0 aliphatic rings. The van der Waals surface area contributed by atoms with Crippen LogP contribution in [0.15, 0.2) is 81.4 Å². The summed E-state index contributed by atoms with van der Waals surface area (Å²) in [7, 11) is -3.36. The predicted octanol–water partition coefficient (Wildman–Crippen LogP) is 4.54. The second-order valence-corrected chi connectivity index (χ2v) is 9.38. The molecule has 0 spiro atoms. The molecule has 30 heavy (non-hydrogen) atoms. The number of halogens is 1. The van der Waals surface area contributed by atoms with Gasteiger partial charge in [-0.25, -0.2) is 12.8 Å². The Balaban J connectivity index is 1.82. The molecule has 10 heteroatoms. The number of anilines is 1. The van der Waals surface area contributed by atoms with E-state index in [1.807, 2.05) is 0 Å². The number of carbonyl (C=O) groups is 1. The van der Waals surface area contributed by atoms with Crippen LogP contribution in [0.5, 0.6) is 0 Å². The highest BCUT2D eigenvalue weighted by Crippen LogP contribution is 2.35. The average Bonchev–Trinajstić information content (AvgIpc) is 2.69. The van der Waals surface area contributed by atoms with E-state index in [2.05, 4.69) is 5.32 Å². The summed E-state index contributed by atoms with van der Waals surface area (Å²) in [6.07, 6.45) is 1.07. The molecule has 0 bridgehead atoms. The van der Waals surface area contributed by atoms with E-state index in [1.165, 1.54) is 60.7 Å². The maximum absolute atomic E-state index is 13.0. The quantitative estimate of drug-likeness (QED) is 0.440. The Morgan fingerprint density at radius 3 is 2.23 bits per heavy atom. The number of nitro benzene ring substituents is 1. The molecule has 7 nitrogen and oxygen atoms in total. The van der Waals surface area contributed by atoms with Gasteiger partial charge in [-0.1, -0.05) is 11.8 Å². The monoisotopic (exact) mass is 446 g/mol. The number of nitrogens with zero attached hydrogens (tertiary/aromatic N) is 1. The van der Waals surface area contributed by atoms with Crippen molar-refractivity contribution in [2.75, 3.05) is 11.6 Å². The van der Waals surface area contributed by atoms with E-state index in [4.69, 9.17) is 0 Å². The minimum Gasteiger partial charge on any atom is -0.322 e. The summed E-state index contributed by atoms with van der Waals surface area (Å²) in [6.45, 7) is 0. The average molecular weight is 446 g/mol. The molecule has 3 aromatic rings. The van der Waals surface area contributed by atoms with E-state index >= 15 is 0 Å². The van der Waals surface area contributed by atoms with Crippen LogP contribution in [0.25, 0.3) is 0 Å². The second kappa shape index (κ2) is 8.64. The zero-order valence-electron chi connectivity index (χ0n) is 15.5. The van der Waals surface area contributed by atoms with Gasteiger partial charge in [0, 0.05) is 28.5 Å². The molecule has 0 fully saturated rings. The van der Waals surface area contributed by atoms with E-state index in [-0.39, 0.29) is 16.1 Å². The van der Waals surface area contributed by atoms with Crippen LogP contribution in [0.1, 0.15) is 10.4 Å². The lowest BCUT2D eigenvalue weighted by Crippen LogP contribution is -2.12. The third-order valence-corrected chi connectivity index (χ3v) is 6.20. The van der Waals surface area contributed by atoms with Gasteiger partial charge in [-0.2, -0.15) is 0 Å². The van der Waals surface area contributed by atoms with Crippen LogP contribution in [0.3, 0.4) is 0 Å². The Morgan fingerprint density at radius 2 is 1.67 bits per heavy atom. The van der Waals surface area contributed by atoms with E-state index in [0.717, 1.165) is 24.1 Å². The number of amides is 1. The Labute approximate surface area is 176 Å². The summed E-state index contributed by atoms with van der Waals surface area (Å²) < 4.78 is 36.0. The van der Waals surface area contributed by atoms with Gasteiger partial charge in [-0.15, -0.1) is 0 Å². The van der Waals surface area contributed by atoms with Crippen molar-refractivity contribution >= 4 is 38.9 Å². The highest BCUT2D eigenvalue weighted by atomic mass is 32.2. The first kappa shape index (κ1) is 21.5. The van der Waals surface area contributed by atoms with Crippen molar-refractivity contribution in [2.24, 2.45) is 0 Å². The highest BCUT2D eigenvalue weighted by molar-refractivity contribution is 7.99. The Bertz CT molecular complexity index is 1210. The van der Waals surface area contributed by atoms with Gasteiger partial charge in [-0.05, 0) is 60.7 Å². The molecular formula is C20H15FN2O5S2. The summed E-state index contributed by atoms with van der Waals surface area (Å²) in [6, 6.07) is 15.2. The zero-order chi connectivity index (χ0) is 21.9. The zero-order valence-corrected chi connectivity index (χ0v) is 17.2. The van der Waals surface area contributed by atoms with E-state index in [0.29, 0.717) is 15.5 Å². The number of nitro groups is 1. The van der Waals surface area contributed by atoms with Crippen molar-refractivity contribution in [1.29, 1.82) is 0 Å². The van der Waals surface area contributed by atoms with Crippen molar-refractivity contribution in [3.63, 3.8) is 0 Å². The van der Waals surface area contributed by atoms with Gasteiger partial charge >= 0.3 is 0 Å². The van der Waals surface area contributed by atoms with Crippen LogP contribution >= 0.6 is 11.8 Å². The van der Waals surface area contributed by atoms with Gasteiger partial charge in [0.05, 0.1) is 14.7 Å². The third-order valence-electron chi connectivity index (χ3n) is 4.00. The van der Waals surface area contributed by atoms with Crippen LogP contribution in [0, 0.1) is 15.9 Å². The van der Waals surface area contributed by atoms with Gasteiger partial charge in [0.25, 0.3) is 11.6 Å². The number of nitrogens with one attached hydrogen (secondary N) is 1. The van der Waals surface area contributed by atoms with Gasteiger partial charge in [0.15, 0.2) is 9.84 Å². The molecule has 0 heterocycles. The summed E-state index contributed by atoms with van der Waals surface area (Å²) in [5.41, 5.74) is 0.154. The van der Waals surface area contributed by atoms with Crippen LogP contribution in [0.2, 0.25) is 0 Å². The maximum atomic E-state index is 13.0. The SMILES string of the molecule is CS(=O)(=O)c1ccc(NC(=O)c2ccc(Sc3ccc(F)cc3)c([N+](=O)[O-])c2)cc1. The number of carbonyl (C=O) groups excluding carboxylic acids is 1. The molecule has 0 aromatic heterocycles. The largest absolute Gasteiger partial charge is 0.322 e. The minimum atomic E-state index is -3.36. The predicted molar refractivity (Wildman–Crippen MR) is 111 cm³/mol. The lowest BCUT2D eigenvalue weighted by atomic mass is 10.2. The first-order valence-corrected chi connectivity index (χ1v) is 11.2. The lowest BCUT2D eigenvalue weighted by Gasteiger charge is -2.08. The molecule has 0 radical (unpaired) electrons. The van der Waals surface area contributed by atoms with Crippen molar-refractivity contribution in [1.82, 2.24) is 0 Å². The molecule has 0 atom stereocenters. The highest BCUT2D eigenvalue weighted by Gasteiger charge is 2.19. The van der Waals surface area contributed by atoms with Gasteiger partial charge in [0.2, 0.25) is 0 Å². The van der Waals surface area contributed by atoms with Gasteiger partial charge < -0.3 is 5.32 Å². The summed E-state index contributed by atoms with van der Waals surface area (Å²) in [4.78, 5) is 24.4. The molecule has 1 amide bonds. The van der Waals surface area contributed by atoms with Crippen molar-refractivity contribution in [2.45, 2.75) is 14.7 Å². The first-order valence-electron chi connectivity index (χ1n) is 8.47. The minimum absolute atomic E-state index is 0.0670. The van der Waals surface area contributed by atoms with E-state index in [9.17, 15) is 27.7 Å². The van der Waals surface area contributed by atoms with Crippen LogP contribution in [0.4, 0.5) is 15.8 Å². The Kier molecular flexibility index (Phi) is 6.18. The van der Waals surface area contributed by atoms with Gasteiger partial charge in [0.1, 0.15) is 5.82 Å². The second-order valence-electron chi connectivity index (χ2n) is 6.25. The molecular weight excluding hydrogens is 431 g/mol. The fourth-order valence-corrected chi connectivity index (χ4v) is 4.04. The third kappa shape index (κ3) is 5.22. The molecule has 0 aliphatic heterocycles. The van der Waals surface area contributed by atoms with Crippen molar-refractivity contribution < 1.29 is 22.5 Å². The summed E-state index contributed by atoms with van der Waals surface area (Å²) >= 11 is 1.08. The standard InChI is InChI=1S/C20H15FN2O5S2/c1-30(27,28)17-9-5-15(6-10-17)22-20(24)13-2-11-19(18(12-13)23(25)26)29-16-7-3-14(21)4-8-16/h2-12H,1H3,(H,22,24). The first-order chi connectivity index (χ1) is 14.1. The topological polar surface area (TPSA) is 106 Å². The van der Waals surface area contributed by atoms with E-state index in [1.54, 1.807) is 0 Å². The Hall–Kier alpha value is -3.24. The molecule has 154 valence electrons. The summed E-state index contributed by atoms with van der Waals surface area (Å²) in [5, 5.41) is 14.0. The molecule has 3 rings (SSSR count). The molecule has 0 unspecified atom stereocenters. The van der Waals surface area contributed by atoms with Crippen molar-refractivity contribution in [3.05, 3.63) is 88.2 Å². The van der Waals surface area contributed by atoms with Gasteiger partial charge in [-0.3, -0.25) is 14.9 Å². The van der Waals surface area contributed by atoms with E-state index < -0.39 is 26.5 Å². The van der Waals surface area contributed by atoms with Crippen LogP contribution in [-0.2, 0) is 9.84 Å². The number of sulfone groups is 1. The normalized spacial score (nSPS) is 11.1. The molecule has 0 saturated carbocycles. The number of benzene rings is 3. The smallest absolute Gasteiger partial charge is 0.284 e. The fraction of sp³-hybridized carbons (Fsp3) is 0.0500. The number of hydrogen-bond donors (Lipinski definition) is 1. The molecule has 0 saturated heterocycles.